The van der Waals surface area contributed by atoms with Crippen LogP contribution in [0.5, 0.6) is 0 Å². The van der Waals surface area contributed by atoms with Gasteiger partial charge < -0.3 is 5.32 Å². The van der Waals surface area contributed by atoms with E-state index in [1.165, 1.54) is 24.3 Å². The highest BCUT2D eigenvalue weighted by molar-refractivity contribution is 6.06. The zero-order valence-corrected chi connectivity index (χ0v) is 8.67. The van der Waals surface area contributed by atoms with Crippen molar-refractivity contribution in [2.45, 2.75) is 12.5 Å². The van der Waals surface area contributed by atoms with Crippen molar-refractivity contribution in [1.29, 1.82) is 0 Å². The molecule has 1 fully saturated rings. The third-order valence-corrected chi connectivity index (χ3v) is 2.39. The van der Waals surface area contributed by atoms with Crippen LogP contribution in [0.25, 0.3) is 0 Å². The quantitative estimate of drug-likeness (QED) is 0.449. The van der Waals surface area contributed by atoms with Crippen molar-refractivity contribution in [3.8, 4) is 0 Å². The van der Waals surface area contributed by atoms with Gasteiger partial charge in [0.2, 0.25) is 11.8 Å². The first-order valence-electron chi connectivity index (χ1n) is 4.91. The van der Waals surface area contributed by atoms with Crippen LogP contribution in [0.1, 0.15) is 6.42 Å². The number of amides is 2. The average Bonchev–Trinajstić information content (AvgIpc) is 2.58. The largest absolute Gasteiger partial charge is 0.373 e. The number of benzene rings is 1. The predicted octanol–water partition coefficient (Wildman–Crippen LogP) is 0.422. The van der Waals surface area contributed by atoms with E-state index in [0.29, 0.717) is 5.69 Å². The molecule has 2 N–H and O–H groups in total. The second-order valence-electron chi connectivity index (χ2n) is 3.62. The number of carbonyl (C=O) groups excluding carboxylic acids is 2. The number of hydrogen-bond acceptors (Lipinski definition) is 5. The van der Waals surface area contributed by atoms with Crippen LogP contribution in [0.3, 0.4) is 0 Å². The first kappa shape index (κ1) is 11.1. The third kappa shape index (κ3) is 2.39. The Hall–Kier alpha value is -2.44. The maximum Gasteiger partial charge on any atom is 0.269 e. The van der Waals surface area contributed by atoms with Crippen LogP contribution < -0.4 is 10.6 Å². The smallest absolute Gasteiger partial charge is 0.269 e. The monoisotopic (exact) mass is 235 g/mol. The van der Waals surface area contributed by atoms with E-state index in [9.17, 15) is 19.7 Å². The van der Waals surface area contributed by atoms with Crippen LogP contribution in [0.2, 0.25) is 0 Å². The summed E-state index contributed by atoms with van der Waals surface area (Å²) in [6.45, 7) is 0. The summed E-state index contributed by atoms with van der Waals surface area (Å²) in [4.78, 5) is 32.1. The molecule has 88 valence electrons. The molecule has 1 saturated heterocycles. The minimum absolute atomic E-state index is 0.0255. The number of rotatable bonds is 3. The van der Waals surface area contributed by atoms with Gasteiger partial charge in [-0.2, -0.15) is 0 Å². The van der Waals surface area contributed by atoms with Crippen LogP contribution in [-0.4, -0.2) is 22.8 Å². The molecule has 1 atom stereocenters. The first-order chi connectivity index (χ1) is 8.06. The molecule has 0 bridgehead atoms. The third-order valence-electron chi connectivity index (χ3n) is 2.39. The molecule has 0 radical (unpaired) electrons. The molecule has 2 rings (SSSR count). The van der Waals surface area contributed by atoms with Crippen molar-refractivity contribution >= 4 is 23.2 Å². The number of anilines is 1. The van der Waals surface area contributed by atoms with Gasteiger partial charge in [-0.1, -0.05) is 0 Å². The number of nitro groups is 1. The van der Waals surface area contributed by atoms with Gasteiger partial charge in [-0.15, -0.1) is 0 Å². The summed E-state index contributed by atoms with van der Waals surface area (Å²) >= 11 is 0. The average molecular weight is 235 g/mol. The first-order valence-corrected chi connectivity index (χ1v) is 4.91. The van der Waals surface area contributed by atoms with E-state index in [2.05, 4.69) is 10.6 Å². The lowest BCUT2D eigenvalue weighted by atomic mass is 10.2. The number of non-ortho nitro benzene ring substituents is 1. The fourth-order valence-electron chi connectivity index (χ4n) is 1.55. The second kappa shape index (κ2) is 4.20. The zero-order valence-electron chi connectivity index (χ0n) is 8.67. The Labute approximate surface area is 96.0 Å². The number of nitrogens with zero attached hydrogens (tertiary/aromatic N) is 1. The van der Waals surface area contributed by atoms with Crippen LogP contribution in [0, 0.1) is 10.1 Å². The SMILES string of the molecule is O=C1CC(Nc2ccc([N+](=O)[O-])cc2)C(=O)N1. The van der Waals surface area contributed by atoms with Gasteiger partial charge in [0.25, 0.3) is 5.69 Å². The summed E-state index contributed by atoms with van der Waals surface area (Å²) in [6, 6.07) is 5.04. The van der Waals surface area contributed by atoms with Crippen molar-refractivity contribution in [2.24, 2.45) is 0 Å². The molecular weight excluding hydrogens is 226 g/mol. The van der Waals surface area contributed by atoms with Crippen molar-refractivity contribution in [3.05, 3.63) is 34.4 Å². The highest BCUT2D eigenvalue weighted by Gasteiger charge is 2.30. The fourth-order valence-corrected chi connectivity index (χ4v) is 1.55. The van der Waals surface area contributed by atoms with E-state index < -0.39 is 11.0 Å². The summed E-state index contributed by atoms with van der Waals surface area (Å²) in [5, 5.41) is 15.4. The molecule has 7 heteroatoms. The number of nitrogens with one attached hydrogen (secondary N) is 2. The minimum Gasteiger partial charge on any atom is -0.373 e. The number of hydrogen-bond donors (Lipinski definition) is 2. The molecule has 17 heavy (non-hydrogen) atoms. The fraction of sp³-hybridized carbons (Fsp3) is 0.200. The molecule has 1 aromatic rings. The van der Waals surface area contributed by atoms with E-state index in [0.717, 1.165) is 0 Å². The van der Waals surface area contributed by atoms with Gasteiger partial charge in [-0.25, -0.2) is 0 Å². The van der Waals surface area contributed by atoms with E-state index in [1.54, 1.807) is 0 Å². The van der Waals surface area contributed by atoms with Gasteiger partial charge in [0.1, 0.15) is 6.04 Å². The lowest BCUT2D eigenvalue weighted by molar-refractivity contribution is -0.384. The van der Waals surface area contributed by atoms with Gasteiger partial charge in [0.15, 0.2) is 0 Å². The lowest BCUT2D eigenvalue weighted by Gasteiger charge is -2.09. The summed E-state index contributed by atoms with van der Waals surface area (Å²) in [7, 11) is 0. The van der Waals surface area contributed by atoms with Crippen molar-refractivity contribution < 1.29 is 14.5 Å². The van der Waals surface area contributed by atoms with E-state index in [1.807, 2.05) is 0 Å². The molecule has 1 aliphatic rings. The van der Waals surface area contributed by atoms with Crippen LogP contribution in [-0.2, 0) is 9.59 Å². The van der Waals surface area contributed by atoms with Crippen LogP contribution >= 0.6 is 0 Å². The topological polar surface area (TPSA) is 101 Å². The number of carbonyl (C=O) groups is 2. The Morgan fingerprint density at radius 2 is 1.94 bits per heavy atom. The van der Waals surface area contributed by atoms with E-state index >= 15 is 0 Å². The molecule has 0 aliphatic carbocycles. The lowest BCUT2D eigenvalue weighted by Crippen LogP contribution is -2.29. The number of nitro benzene ring substituents is 1. The molecular formula is C10H9N3O4. The maximum absolute atomic E-state index is 11.3. The summed E-state index contributed by atoms with van der Waals surface area (Å²) in [5.74, 6) is -0.706. The highest BCUT2D eigenvalue weighted by Crippen LogP contribution is 2.17. The zero-order chi connectivity index (χ0) is 12.4. The van der Waals surface area contributed by atoms with Crippen molar-refractivity contribution in [3.63, 3.8) is 0 Å². The maximum atomic E-state index is 11.3. The second-order valence-corrected chi connectivity index (χ2v) is 3.62. The van der Waals surface area contributed by atoms with Crippen molar-refractivity contribution in [1.82, 2.24) is 5.32 Å². The molecule has 1 heterocycles. The molecule has 1 aliphatic heterocycles. The molecule has 0 spiro atoms. The number of imide groups is 1. The standard InChI is InChI=1S/C10H9N3O4/c14-9-5-8(10(15)12-9)11-6-1-3-7(4-2-6)13(16)17/h1-4,8,11H,5H2,(H,12,14,15). The predicted molar refractivity (Wildman–Crippen MR) is 58.3 cm³/mol. The summed E-state index contributed by atoms with van der Waals surface area (Å²) in [5.41, 5.74) is 0.535. The summed E-state index contributed by atoms with van der Waals surface area (Å²) in [6.07, 6.45) is 0.0792. The van der Waals surface area contributed by atoms with Gasteiger partial charge in [-0.3, -0.25) is 25.0 Å². The van der Waals surface area contributed by atoms with Gasteiger partial charge >= 0.3 is 0 Å². The molecule has 0 saturated carbocycles. The Morgan fingerprint density at radius 3 is 2.41 bits per heavy atom. The molecule has 0 aromatic heterocycles. The minimum atomic E-state index is -0.607. The van der Waals surface area contributed by atoms with Crippen LogP contribution in [0.4, 0.5) is 11.4 Å². The van der Waals surface area contributed by atoms with E-state index in [4.69, 9.17) is 0 Å². The molecule has 2 amide bonds. The molecule has 7 nitrogen and oxygen atoms in total. The molecule has 1 aromatic carbocycles. The van der Waals surface area contributed by atoms with Crippen molar-refractivity contribution in [2.75, 3.05) is 5.32 Å². The highest BCUT2D eigenvalue weighted by atomic mass is 16.6. The Balaban J connectivity index is 2.07. The Bertz CT molecular complexity index is 483. The van der Waals surface area contributed by atoms with E-state index in [-0.39, 0.29) is 23.9 Å². The Kier molecular flexibility index (Phi) is 2.73. The Morgan fingerprint density at radius 1 is 1.29 bits per heavy atom. The normalized spacial score (nSPS) is 18.9. The van der Waals surface area contributed by atoms with Crippen LogP contribution in [0.15, 0.2) is 24.3 Å². The van der Waals surface area contributed by atoms with Gasteiger partial charge in [0, 0.05) is 17.8 Å². The molecule has 1 unspecified atom stereocenters. The van der Waals surface area contributed by atoms with Gasteiger partial charge in [0.05, 0.1) is 11.3 Å². The summed E-state index contributed by atoms with van der Waals surface area (Å²) < 4.78 is 0. The van der Waals surface area contributed by atoms with Gasteiger partial charge in [-0.05, 0) is 12.1 Å².